The maximum absolute atomic E-state index is 13.5. The zero-order chi connectivity index (χ0) is 29.7. The number of carboxylic acids is 1. The number of fused-ring (bicyclic) bond motifs is 1. The van der Waals surface area contributed by atoms with Crippen molar-refractivity contribution in [1.82, 2.24) is 19.7 Å². The summed E-state index contributed by atoms with van der Waals surface area (Å²) >= 11 is 1.33. The Hall–Kier alpha value is -4.10. The Morgan fingerprint density at radius 1 is 1.20 bits per heavy atom. The predicted octanol–water partition coefficient (Wildman–Crippen LogP) is 2.51. The molecule has 0 aromatic carbocycles. The number of nitrogens with one attached hydrogen (secondary N) is 2. The smallest absolute Gasteiger partial charge is 0.328 e. The number of nitrogens with zero attached hydrogens (tertiary/aromatic N) is 4. The minimum Gasteiger partial charge on any atom is -0.478 e. The van der Waals surface area contributed by atoms with Gasteiger partial charge in [-0.05, 0) is 37.0 Å². The van der Waals surface area contributed by atoms with Gasteiger partial charge in [-0.3, -0.25) is 24.1 Å². The van der Waals surface area contributed by atoms with Crippen molar-refractivity contribution in [1.29, 1.82) is 0 Å². The summed E-state index contributed by atoms with van der Waals surface area (Å²) in [6, 6.07) is 3.02. The Morgan fingerprint density at radius 2 is 1.93 bits per heavy atom. The molecule has 2 amide bonds. The molecule has 1 aliphatic heterocycles. The van der Waals surface area contributed by atoms with Crippen LogP contribution in [0, 0.1) is 5.92 Å². The van der Waals surface area contributed by atoms with Gasteiger partial charge in [0, 0.05) is 54.7 Å². The molecule has 0 spiro atoms. The molecule has 1 saturated heterocycles. The first kappa shape index (κ1) is 29.9. The number of aromatic nitrogens is 3. The molecule has 4 heterocycles. The van der Waals surface area contributed by atoms with Gasteiger partial charge in [-0.1, -0.05) is 20.8 Å². The van der Waals surface area contributed by atoms with Crippen LogP contribution in [0.15, 0.2) is 34.6 Å². The Morgan fingerprint density at radius 3 is 2.56 bits per heavy atom. The quantitative estimate of drug-likeness (QED) is 0.277. The number of hydrogen-bond donors (Lipinski definition) is 4. The van der Waals surface area contributed by atoms with Gasteiger partial charge < -0.3 is 20.4 Å². The summed E-state index contributed by atoms with van der Waals surface area (Å²) in [4.78, 5) is 60.9. The SMILES string of the molecule is CC(C)(C)c1csc(NC(=O)c2ccn3c(=O)c(C=CC(=O)O)c(N4CCC(CC(=O)NCCO)CC4)nc3c2)n1. The first-order valence-electron chi connectivity index (χ1n) is 13.3. The number of piperidine rings is 1. The van der Waals surface area contributed by atoms with E-state index in [4.69, 9.17) is 10.1 Å². The van der Waals surface area contributed by atoms with Crippen LogP contribution in [0.1, 0.15) is 61.6 Å². The number of aliphatic hydroxyl groups excluding tert-OH is 1. The molecule has 0 atom stereocenters. The maximum Gasteiger partial charge on any atom is 0.328 e. The normalized spacial score (nSPS) is 14.5. The lowest BCUT2D eigenvalue weighted by atomic mass is 9.93. The van der Waals surface area contributed by atoms with Crippen LogP contribution < -0.4 is 21.1 Å². The second-order valence-electron chi connectivity index (χ2n) is 10.9. The van der Waals surface area contributed by atoms with Crippen LogP contribution in [0.4, 0.5) is 10.9 Å². The van der Waals surface area contributed by atoms with Gasteiger partial charge in [0.25, 0.3) is 11.5 Å². The molecule has 13 heteroatoms. The van der Waals surface area contributed by atoms with E-state index in [9.17, 15) is 24.3 Å². The van der Waals surface area contributed by atoms with Gasteiger partial charge in [-0.15, -0.1) is 11.3 Å². The standard InChI is InChI=1S/C28H34N6O6S/c1-28(2,3)20-16-41-27(30-20)32-25(39)18-8-12-34-21(15-18)31-24(19(26(34)40)4-5-23(37)38)33-10-6-17(7-11-33)14-22(36)29-9-13-35/h4-5,8,12,15-17,35H,6-7,9-11,13-14H2,1-3H3,(H,29,36)(H,37,38)(H,30,32,39). The van der Waals surface area contributed by atoms with Crippen LogP contribution in [0.2, 0.25) is 0 Å². The van der Waals surface area contributed by atoms with E-state index < -0.39 is 17.4 Å². The van der Waals surface area contributed by atoms with Crippen molar-refractivity contribution in [2.75, 3.05) is 36.5 Å². The van der Waals surface area contributed by atoms with Crippen LogP contribution in [0.5, 0.6) is 0 Å². The fraction of sp³-hybridized carbons (Fsp3) is 0.429. The lowest BCUT2D eigenvalue weighted by Gasteiger charge is -2.33. The van der Waals surface area contributed by atoms with Crippen molar-refractivity contribution in [3.8, 4) is 0 Å². The summed E-state index contributed by atoms with van der Waals surface area (Å²) in [7, 11) is 0. The summed E-state index contributed by atoms with van der Waals surface area (Å²) < 4.78 is 1.28. The molecule has 41 heavy (non-hydrogen) atoms. The predicted molar refractivity (Wildman–Crippen MR) is 157 cm³/mol. The molecule has 3 aromatic rings. The molecule has 3 aromatic heterocycles. The average molecular weight is 583 g/mol. The van der Waals surface area contributed by atoms with Gasteiger partial charge in [0.2, 0.25) is 5.91 Å². The topological polar surface area (TPSA) is 166 Å². The lowest BCUT2D eigenvalue weighted by Crippen LogP contribution is -2.38. The van der Waals surface area contributed by atoms with Crippen LogP contribution in [-0.4, -0.2) is 68.6 Å². The number of carbonyl (C=O) groups excluding carboxylic acids is 2. The van der Waals surface area contributed by atoms with Crippen molar-refractivity contribution in [3.05, 3.63) is 57.0 Å². The molecule has 0 saturated carbocycles. The molecular formula is C28H34N6O6S. The van der Waals surface area contributed by atoms with E-state index >= 15 is 0 Å². The van der Waals surface area contributed by atoms with Gasteiger partial charge in [0.15, 0.2) is 5.13 Å². The highest BCUT2D eigenvalue weighted by Crippen LogP contribution is 2.28. The number of pyridine rings is 1. The average Bonchev–Trinajstić information content (AvgIpc) is 3.40. The number of carbonyl (C=O) groups is 3. The number of thiazole rings is 1. The van der Waals surface area contributed by atoms with Crippen molar-refractivity contribution >= 4 is 51.8 Å². The van der Waals surface area contributed by atoms with Crippen LogP contribution in [0.3, 0.4) is 0 Å². The summed E-state index contributed by atoms with van der Waals surface area (Å²) in [6.07, 6.45) is 5.26. The Balaban J connectivity index is 1.61. The molecule has 218 valence electrons. The summed E-state index contributed by atoms with van der Waals surface area (Å²) in [5.74, 6) is -1.26. The van der Waals surface area contributed by atoms with Gasteiger partial charge in [0.1, 0.15) is 11.5 Å². The number of amides is 2. The fourth-order valence-electron chi connectivity index (χ4n) is 4.55. The van der Waals surface area contributed by atoms with E-state index in [1.165, 1.54) is 40.1 Å². The largest absolute Gasteiger partial charge is 0.478 e. The number of rotatable bonds is 9. The molecule has 4 N–H and O–H groups in total. The first-order chi connectivity index (χ1) is 19.5. The highest BCUT2D eigenvalue weighted by atomic mass is 32.1. The highest BCUT2D eigenvalue weighted by molar-refractivity contribution is 7.14. The minimum atomic E-state index is -1.20. The third-order valence-electron chi connectivity index (χ3n) is 6.82. The minimum absolute atomic E-state index is 0.119. The molecule has 12 nitrogen and oxygen atoms in total. The Bertz CT molecular complexity index is 1530. The highest BCUT2D eigenvalue weighted by Gasteiger charge is 2.25. The monoisotopic (exact) mass is 582 g/mol. The second kappa shape index (κ2) is 12.6. The summed E-state index contributed by atoms with van der Waals surface area (Å²) in [5.41, 5.74) is 0.901. The molecule has 1 fully saturated rings. The van der Waals surface area contributed by atoms with Gasteiger partial charge in [-0.25, -0.2) is 14.8 Å². The van der Waals surface area contributed by atoms with Crippen molar-refractivity contribution in [2.45, 2.75) is 45.4 Å². The summed E-state index contributed by atoms with van der Waals surface area (Å²) in [5, 5.41) is 25.9. The van der Waals surface area contributed by atoms with E-state index in [2.05, 4.69) is 15.6 Å². The van der Waals surface area contributed by atoms with Gasteiger partial charge >= 0.3 is 5.97 Å². The number of anilines is 2. The van der Waals surface area contributed by atoms with E-state index in [0.29, 0.717) is 43.3 Å². The number of hydrogen-bond acceptors (Lipinski definition) is 9. The van der Waals surface area contributed by atoms with Crippen molar-refractivity contribution in [2.24, 2.45) is 5.92 Å². The van der Waals surface area contributed by atoms with Gasteiger partial charge in [0.05, 0.1) is 17.9 Å². The zero-order valence-electron chi connectivity index (χ0n) is 23.2. The second-order valence-corrected chi connectivity index (χ2v) is 11.8. The maximum atomic E-state index is 13.5. The van der Waals surface area contributed by atoms with Crippen LogP contribution in [0.25, 0.3) is 11.7 Å². The van der Waals surface area contributed by atoms with Crippen molar-refractivity contribution < 1.29 is 24.6 Å². The van der Waals surface area contributed by atoms with E-state index in [1.807, 2.05) is 31.1 Å². The third kappa shape index (κ3) is 7.35. The number of aliphatic hydroxyl groups is 1. The molecule has 0 unspecified atom stereocenters. The first-order valence-corrected chi connectivity index (χ1v) is 14.2. The van der Waals surface area contributed by atoms with Crippen LogP contribution in [-0.2, 0) is 15.0 Å². The Kier molecular flexibility index (Phi) is 9.18. The molecular weight excluding hydrogens is 548 g/mol. The van der Waals surface area contributed by atoms with E-state index in [0.717, 1.165) is 11.8 Å². The fourth-order valence-corrected chi connectivity index (χ4v) is 5.48. The number of carboxylic acid groups (broad SMARTS) is 1. The zero-order valence-corrected chi connectivity index (χ0v) is 24.0. The summed E-state index contributed by atoms with van der Waals surface area (Å²) in [6.45, 7) is 7.23. The Labute approximate surface area is 240 Å². The molecule has 0 bridgehead atoms. The van der Waals surface area contributed by atoms with Crippen LogP contribution >= 0.6 is 11.3 Å². The molecule has 4 rings (SSSR count). The van der Waals surface area contributed by atoms with Gasteiger partial charge in [-0.2, -0.15) is 0 Å². The number of aliphatic carboxylic acids is 1. The molecule has 0 aliphatic carbocycles. The van der Waals surface area contributed by atoms with E-state index in [-0.39, 0.29) is 47.2 Å². The third-order valence-corrected chi connectivity index (χ3v) is 7.57. The van der Waals surface area contributed by atoms with E-state index in [1.54, 1.807) is 0 Å². The lowest BCUT2D eigenvalue weighted by molar-refractivity contribution is -0.131. The van der Waals surface area contributed by atoms with Crippen molar-refractivity contribution in [3.63, 3.8) is 0 Å². The molecule has 0 radical (unpaired) electrons. The molecule has 1 aliphatic rings.